The summed E-state index contributed by atoms with van der Waals surface area (Å²) in [4.78, 5) is 35.5. The van der Waals surface area contributed by atoms with Crippen molar-refractivity contribution in [2.75, 3.05) is 11.9 Å². The molecular weight excluding hydrogens is 474 g/mol. The van der Waals surface area contributed by atoms with Crippen LogP contribution in [0.4, 0.5) is 5.69 Å². The molecule has 160 valence electrons. The van der Waals surface area contributed by atoms with Crippen LogP contribution < -0.4 is 15.4 Å². The highest BCUT2D eigenvalue weighted by Crippen LogP contribution is 2.19. The monoisotopic (exact) mass is 495 g/mol. The Kier molecular flexibility index (Phi) is 7.88. The van der Waals surface area contributed by atoms with E-state index in [1.54, 1.807) is 12.1 Å². The van der Waals surface area contributed by atoms with Crippen LogP contribution in [0.2, 0.25) is 0 Å². The quantitative estimate of drug-likeness (QED) is 0.485. The van der Waals surface area contributed by atoms with E-state index in [2.05, 4.69) is 31.3 Å². The zero-order chi connectivity index (χ0) is 22.5. The minimum absolute atomic E-state index is 0.0735. The highest BCUT2D eigenvalue weighted by atomic mass is 79.9. The Bertz CT molecular complexity index is 1070. The lowest BCUT2D eigenvalue weighted by Crippen LogP contribution is -2.46. The Morgan fingerprint density at radius 1 is 1.07 bits per heavy atom. The number of nitrogens with one attached hydrogen (secondary N) is 3. The lowest BCUT2D eigenvalue weighted by molar-refractivity contribution is -0.125. The van der Waals surface area contributed by atoms with Gasteiger partial charge in [0.05, 0.1) is 17.5 Å². The molecule has 10 heteroatoms. The first-order chi connectivity index (χ1) is 14.0. The molecule has 0 aliphatic heterocycles. The summed E-state index contributed by atoms with van der Waals surface area (Å²) in [6, 6.07) is 9.62. The molecule has 0 aromatic heterocycles. The number of ketones is 1. The van der Waals surface area contributed by atoms with Crippen LogP contribution in [0.15, 0.2) is 51.8 Å². The number of amides is 2. The topological polar surface area (TPSA) is 121 Å². The molecule has 0 saturated heterocycles. The number of sulfonamides is 1. The molecule has 2 aromatic rings. The second kappa shape index (κ2) is 9.96. The summed E-state index contributed by atoms with van der Waals surface area (Å²) >= 11 is 3.34. The maximum atomic E-state index is 12.4. The Balaban J connectivity index is 1.91. The van der Waals surface area contributed by atoms with Gasteiger partial charge in [0.2, 0.25) is 21.8 Å². The molecule has 0 heterocycles. The molecule has 2 aromatic carbocycles. The smallest absolute Gasteiger partial charge is 0.243 e. The van der Waals surface area contributed by atoms with Gasteiger partial charge < -0.3 is 10.6 Å². The van der Waals surface area contributed by atoms with E-state index in [9.17, 15) is 22.8 Å². The molecule has 0 aliphatic carbocycles. The molecule has 30 heavy (non-hydrogen) atoms. The number of anilines is 1. The molecule has 0 bridgehead atoms. The predicted octanol–water partition coefficient (Wildman–Crippen LogP) is 2.38. The van der Waals surface area contributed by atoms with Crippen LogP contribution in [-0.2, 0) is 19.6 Å². The van der Waals surface area contributed by atoms with Gasteiger partial charge in [0.1, 0.15) is 0 Å². The van der Waals surface area contributed by atoms with Crippen molar-refractivity contribution < 1.29 is 22.8 Å². The van der Waals surface area contributed by atoms with E-state index >= 15 is 0 Å². The van der Waals surface area contributed by atoms with Gasteiger partial charge in [-0.1, -0.05) is 28.1 Å². The first kappa shape index (κ1) is 23.7. The maximum Gasteiger partial charge on any atom is 0.243 e. The zero-order valence-electron chi connectivity index (χ0n) is 16.7. The minimum Gasteiger partial charge on any atom is -0.346 e. The van der Waals surface area contributed by atoms with Gasteiger partial charge in [-0.25, -0.2) is 8.42 Å². The number of hydrogen-bond acceptors (Lipinski definition) is 5. The van der Waals surface area contributed by atoms with Gasteiger partial charge in [-0.2, -0.15) is 4.72 Å². The Morgan fingerprint density at radius 2 is 1.70 bits per heavy atom. The van der Waals surface area contributed by atoms with Crippen molar-refractivity contribution >= 4 is 49.2 Å². The Labute approximate surface area is 183 Å². The summed E-state index contributed by atoms with van der Waals surface area (Å²) in [5, 5.41) is 5.08. The van der Waals surface area contributed by atoms with E-state index in [4.69, 9.17) is 0 Å². The third-order valence-electron chi connectivity index (χ3n) is 4.18. The summed E-state index contributed by atoms with van der Waals surface area (Å²) in [5.41, 5.74) is 1.84. The number of Topliss-reactive ketones (excluding diaryl/α,β-unsaturated/α-hetero) is 1. The fraction of sp³-hybridized carbons (Fsp3) is 0.250. The maximum absolute atomic E-state index is 12.4. The van der Waals surface area contributed by atoms with E-state index in [1.807, 2.05) is 13.0 Å². The van der Waals surface area contributed by atoms with Crippen molar-refractivity contribution in [3.05, 3.63) is 58.1 Å². The summed E-state index contributed by atoms with van der Waals surface area (Å²) < 4.78 is 28.0. The van der Waals surface area contributed by atoms with Crippen LogP contribution in [0.1, 0.15) is 29.8 Å². The van der Waals surface area contributed by atoms with Crippen molar-refractivity contribution in [1.29, 1.82) is 0 Å². The molecule has 1 atom stereocenters. The van der Waals surface area contributed by atoms with Crippen molar-refractivity contribution in [2.45, 2.75) is 31.7 Å². The van der Waals surface area contributed by atoms with Gasteiger partial charge in [-0.15, -0.1) is 0 Å². The molecule has 0 fully saturated rings. The predicted molar refractivity (Wildman–Crippen MR) is 117 cm³/mol. The van der Waals surface area contributed by atoms with Crippen molar-refractivity contribution in [3.8, 4) is 0 Å². The summed E-state index contributed by atoms with van der Waals surface area (Å²) in [7, 11) is -3.97. The molecule has 0 saturated carbocycles. The SMILES string of the molecule is CC(=O)c1ccc(S(=O)(=O)N[C@H](C)C(=O)NCC(=O)Nc2ccc(Br)cc2C)cc1. The molecule has 3 N–H and O–H groups in total. The molecular formula is C20H22BrN3O5S. The van der Waals surface area contributed by atoms with Gasteiger partial charge in [0.25, 0.3) is 0 Å². The van der Waals surface area contributed by atoms with Gasteiger partial charge in [0, 0.05) is 15.7 Å². The molecule has 0 aliphatic rings. The average Bonchev–Trinajstić information content (AvgIpc) is 2.68. The van der Waals surface area contributed by atoms with Gasteiger partial charge in [-0.05, 0) is 56.7 Å². The molecule has 2 amide bonds. The van der Waals surface area contributed by atoms with Gasteiger partial charge in [-0.3, -0.25) is 14.4 Å². The van der Waals surface area contributed by atoms with E-state index in [1.165, 1.54) is 38.1 Å². The summed E-state index contributed by atoms with van der Waals surface area (Å²) in [6.45, 7) is 4.27. The number of halogens is 1. The number of aryl methyl sites for hydroxylation is 1. The molecule has 0 radical (unpaired) electrons. The molecule has 2 rings (SSSR count). The average molecular weight is 496 g/mol. The van der Waals surface area contributed by atoms with Crippen molar-refractivity contribution in [2.24, 2.45) is 0 Å². The molecule has 0 unspecified atom stereocenters. The number of rotatable bonds is 8. The van der Waals surface area contributed by atoms with Crippen LogP contribution in [0.5, 0.6) is 0 Å². The lowest BCUT2D eigenvalue weighted by atomic mass is 10.2. The third-order valence-corrected chi connectivity index (χ3v) is 6.23. The largest absolute Gasteiger partial charge is 0.346 e. The van der Waals surface area contributed by atoms with Crippen LogP contribution in [-0.4, -0.2) is 38.6 Å². The first-order valence-corrected chi connectivity index (χ1v) is 11.2. The Hall–Kier alpha value is -2.56. The van der Waals surface area contributed by atoms with Gasteiger partial charge >= 0.3 is 0 Å². The summed E-state index contributed by atoms with van der Waals surface area (Å²) in [6.07, 6.45) is 0. The summed E-state index contributed by atoms with van der Waals surface area (Å²) in [5.74, 6) is -1.28. The number of carbonyl (C=O) groups is 3. The number of hydrogen-bond donors (Lipinski definition) is 3. The van der Waals surface area contributed by atoms with E-state index < -0.39 is 27.9 Å². The molecule has 0 spiro atoms. The standard InChI is InChI=1S/C20H22BrN3O5S/c1-12-10-16(21)6-9-18(12)23-19(26)11-22-20(27)13(2)24-30(28,29)17-7-4-15(5-8-17)14(3)25/h4-10,13,24H,11H2,1-3H3,(H,22,27)(H,23,26)/t13-/m1/s1. The number of benzene rings is 2. The fourth-order valence-corrected chi connectivity index (χ4v) is 4.18. The van der Waals surface area contributed by atoms with E-state index in [0.717, 1.165) is 10.0 Å². The van der Waals surface area contributed by atoms with Gasteiger partial charge in [0.15, 0.2) is 5.78 Å². The Morgan fingerprint density at radius 3 is 2.27 bits per heavy atom. The second-order valence-electron chi connectivity index (χ2n) is 6.65. The lowest BCUT2D eigenvalue weighted by Gasteiger charge is -2.15. The highest BCUT2D eigenvalue weighted by molar-refractivity contribution is 9.10. The minimum atomic E-state index is -3.97. The van der Waals surface area contributed by atoms with Crippen LogP contribution in [0, 0.1) is 6.92 Å². The van der Waals surface area contributed by atoms with Crippen LogP contribution >= 0.6 is 15.9 Å². The van der Waals surface area contributed by atoms with Crippen LogP contribution in [0.3, 0.4) is 0 Å². The van der Waals surface area contributed by atoms with E-state index in [0.29, 0.717) is 11.3 Å². The molecule has 8 nitrogen and oxygen atoms in total. The highest BCUT2D eigenvalue weighted by Gasteiger charge is 2.22. The van der Waals surface area contributed by atoms with Crippen molar-refractivity contribution in [1.82, 2.24) is 10.0 Å². The zero-order valence-corrected chi connectivity index (χ0v) is 19.1. The van der Waals surface area contributed by atoms with Crippen molar-refractivity contribution in [3.63, 3.8) is 0 Å². The number of carbonyl (C=O) groups excluding carboxylic acids is 3. The first-order valence-electron chi connectivity index (χ1n) is 8.96. The van der Waals surface area contributed by atoms with Crippen LogP contribution in [0.25, 0.3) is 0 Å². The second-order valence-corrected chi connectivity index (χ2v) is 9.28. The third kappa shape index (κ3) is 6.48. The fourth-order valence-electron chi connectivity index (χ4n) is 2.51. The normalized spacial score (nSPS) is 12.1. The van der Waals surface area contributed by atoms with E-state index in [-0.39, 0.29) is 17.2 Å².